The normalized spacial score (nSPS) is 11.9. The molecular formula is C51H29N3OS. The maximum Gasteiger partial charge on any atom is 0.164 e. The van der Waals surface area contributed by atoms with E-state index in [1.165, 1.54) is 30.9 Å². The van der Waals surface area contributed by atoms with Crippen LogP contribution in [0.5, 0.6) is 0 Å². The van der Waals surface area contributed by atoms with Gasteiger partial charge in [-0.2, -0.15) is 0 Å². The van der Waals surface area contributed by atoms with E-state index >= 15 is 0 Å². The standard InChI is InChI=1S/C51H29N3OS/c1-2-14-31(15-3-1)49-52-50(54-51(53-49)40-21-12-24-44-46(40)39-20-9-11-23-43(39)56-44)37-28-27-36(34-17-6-7-18-35(34)37)41-29-32-26-25-30-13-4-5-16-33(30)45(32)48-47(41)38-19-8-10-22-42(38)55-48/h1-29H. The molecule has 0 bridgehead atoms. The molecule has 3 aromatic heterocycles. The third kappa shape index (κ3) is 4.68. The third-order valence-electron chi connectivity index (χ3n) is 11.1. The van der Waals surface area contributed by atoms with Crippen LogP contribution in [0, 0.1) is 0 Å². The predicted molar refractivity (Wildman–Crippen MR) is 234 cm³/mol. The van der Waals surface area contributed by atoms with Crippen molar-refractivity contribution in [3.8, 4) is 45.3 Å². The summed E-state index contributed by atoms with van der Waals surface area (Å²) < 4.78 is 9.23. The fourth-order valence-corrected chi connectivity index (χ4v) is 9.75. The van der Waals surface area contributed by atoms with Gasteiger partial charge in [-0.05, 0) is 68.4 Å². The molecule has 0 amide bonds. The van der Waals surface area contributed by atoms with E-state index in [1.807, 2.05) is 24.3 Å². The maximum absolute atomic E-state index is 6.78. The molecule has 9 aromatic carbocycles. The minimum atomic E-state index is 0.636. The van der Waals surface area contributed by atoms with Gasteiger partial charge in [-0.25, -0.2) is 15.0 Å². The van der Waals surface area contributed by atoms with Gasteiger partial charge < -0.3 is 4.42 Å². The quantitative estimate of drug-likeness (QED) is 0.169. The smallest absolute Gasteiger partial charge is 0.164 e. The van der Waals surface area contributed by atoms with Crippen LogP contribution in [0.3, 0.4) is 0 Å². The van der Waals surface area contributed by atoms with Crippen molar-refractivity contribution < 1.29 is 4.42 Å². The molecule has 0 saturated heterocycles. The fraction of sp³-hybridized carbons (Fsp3) is 0. The van der Waals surface area contributed by atoms with Crippen LogP contribution in [0.1, 0.15) is 0 Å². The second kappa shape index (κ2) is 12.2. The number of para-hydroxylation sites is 1. The van der Waals surface area contributed by atoms with Crippen molar-refractivity contribution in [3.05, 3.63) is 176 Å². The lowest BCUT2D eigenvalue weighted by Gasteiger charge is -2.15. The Labute approximate surface area is 325 Å². The number of nitrogens with zero attached hydrogens (tertiary/aromatic N) is 3. The van der Waals surface area contributed by atoms with Gasteiger partial charge >= 0.3 is 0 Å². The zero-order chi connectivity index (χ0) is 36.7. The summed E-state index contributed by atoms with van der Waals surface area (Å²) in [4.78, 5) is 15.7. The van der Waals surface area contributed by atoms with Crippen LogP contribution in [0.25, 0.3) is 120 Å². The lowest BCUT2D eigenvalue weighted by atomic mass is 9.89. The molecule has 0 aliphatic rings. The Kier molecular flexibility index (Phi) is 6.76. The average molecular weight is 732 g/mol. The first-order valence-electron chi connectivity index (χ1n) is 18.8. The number of aromatic nitrogens is 3. The molecule has 5 heteroatoms. The number of hydrogen-bond acceptors (Lipinski definition) is 5. The summed E-state index contributed by atoms with van der Waals surface area (Å²) in [5.41, 5.74) is 6.94. The van der Waals surface area contributed by atoms with Gasteiger partial charge in [0.1, 0.15) is 11.2 Å². The van der Waals surface area contributed by atoms with Gasteiger partial charge in [0.15, 0.2) is 17.5 Å². The first kappa shape index (κ1) is 31.2. The van der Waals surface area contributed by atoms with Crippen molar-refractivity contribution in [2.45, 2.75) is 0 Å². The molecule has 0 saturated carbocycles. The van der Waals surface area contributed by atoms with Crippen molar-refractivity contribution in [2.75, 3.05) is 0 Å². The number of hydrogen-bond donors (Lipinski definition) is 0. The van der Waals surface area contributed by atoms with E-state index in [0.717, 1.165) is 71.3 Å². The van der Waals surface area contributed by atoms with Gasteiger partial charge in [-0.3, -0.25) is 0 Å². The van der Waals surface area contributed by atoms with E-state index in [1.54, 1.807) is 11.3 Å². The first-order valence-corrected chi connectivity index (χ1v) is 19.6. The molecule has 0 unspecified atom stereocenters. The van der Waals surface area contributed by atoms with Gasteiger partial charge in [0, 0.05) is 53.0 Å². The van der Waals surface area contributed by atoms with Crippen molar-refractivity contribution in [3.63, 3.8) is 0 Å². The molecule has 4 nitrogen and oxygen atoms in total. The Morgan fingerprint density at radius 1 is 0.357 bits per heavy atom. The lowest BCUT2D eigenvalue weighted by Crippen LogP contribution is -2.01. The van der Waals surface area contributed by atoms with E-state index in [-0.39, 0.29) is 0 Å². The summed E-state index contributed by atoms with van der Waals surface area (Å²) >= 11 is 1.80. The zero-order valence-corrected chi connectivity index (χ0v) is 30.7. The molecular weight excluding hydrogens is 703 g/mol. The number of benzene rings is 9. The molecule has 0 radical (unpaired) electrons. The average Bonchev–Trinajstić information content (AvgIpc) is 3.85. The number of furan rings is 1. The second-order valence-corrected chi connectivity index (χ2v) is 15.4. The topological polar surface area (TPSA) is 51.8 Å². The van der Waals surface area contributed by atoms with Crippen LogP contribution >= 0.6 is 11.3 Å². The fourth-order valence-electron chi connectivity index (χ4n) is 8.61. The monoisotopic (exact) mass is 731 g/mol. The predicted octanol–water partition coefficient (Wildman–Crippen LogP) is 14.3. The van der Waals surface area contributed by atoms with Crippen molar-refractivity contribution >= 4 is 85.8 Å². The van der Waals surface area contributed by atoms with E-state index in [9.17, 15) is 0 Å². The van der Waals surface area contributed by atoms with Crippen LogP contribution in [0.2, 0.25) is 0 Å². The summed E-state index contributed by atoms with van der Waals surface area (Å²) in [6.07, 6.45) is 0. The molecule has 12 rings (SSSR count). The summed E-state index contributed by atoms with van der Waals surface area (Å²) in [7, 11) is 0. The number of rotatable bonds is 4. The second-order valence-electron chi connectivity index (χ2n) is 14.3. The van der Waals surface area contributed by atoms with E-state index in [2.05, 4.69) is 152 Å². The molecule has 0 fully saturated rings. The van der Waals surface area contributed by atoms with E-state index in [4.69, 9.17) is 19.4 Å². The van der Waals surface area contributed by atoms with Crippen LogP contribution in [-0.4, -0.2) is 15.0 Å². The molecule has 0 N–H and O–H groups in total. The molecule has 0 aliphatic heterocycles. The Morgan fingerprint density at radius 3 is 1.84 bits per heavy atom. The molecule has 0 spiro atoms. The number of thiophene rings is 1. The van der Waals surface area contributed by atoms with Gasteiger partial charge in [0.05, 0.1) is 0 Å². The SMILES string of the molecule is c1ccc(-c2nc(-c3ccc(-c4cc5ccc6ccccc6c5c5oc6ccccc6c45)c4ccccc34)nc(-c3cccc4sc5ccccc5c34)n2)cc1. The van der Waals surface area contributed by atoms with Gasteiger partial charge in [0.25, 0.3) is 0 Å². The van der Waals surface area contributed by atoms with Gasteiger partial charge in [-0.15, -0.1) is 11.3 Å². The lowest BCUT2D eigenvalue weighted by molar-refractivity contribution is 0.673. The Balaban J connectivity index is 1.13. The molecule has 0 atom stereocenters. The Morgan fingerprint density at radius 2 is 0.982 bits per heavy atom. The minimum absolute atomic E-state index is 0.636. The molecule has 0 aliphatic carbocycles. The Hall–Kier alpha value is -7.21. The van der Waals surface area contributed by atoms with Crippen LogP contribution in [-0.2, 0) is 0 Å². The largest absolute Gasteiger partial charge is 0.455 e. The van der Waals surface area contributed by atoms with Crippen LogP contribution in [0.4, 0.5) is 0 Å². The highest BCUT2D eigenvalue weighted by Gasteiger charge is 2.22. The zero-order valence-electron chi connectivity index (χ0n) is 29.9. The van der Waals surface area contributed by atoms with Gasteiger partial charge in [0.2, 0.25) is 0 Å². The summed E-state index contributed by atoms with van der Waals surface area (Å²) in [6, 6.07) is 62.0. The molecule has 12 aromatic rings. The molecule has 56 heavy (non-hydrogen) atoms. The van der Waals surface area contributed by atoms with E-state index < -0.39 is 0 Å². The summed E-state index contributed by atoms with van der Waals surface area (Å²) in [5.74, 6) is 1.94. The van der Waals surface area contributed by atoms with Crippen LogP contribution < -0.4 is 0 Å². The van der Waals surface area contributed by atoms with Crippen LogP contribution in [0.15, 0.2) is 180 Å². The highest BCUT2D eigenvalue weighted by molar-refractivity contribution is 7.25. The highest BCUT2D eigenvalue weighted by atomic mass is 32.1. The van der Waals surface area contributed by atoms with Crippen molar-refractivity contribution in [2.24, 2.45) is 0 Å². The minimum Gasteiger partial charge on any atom is -0.455 e. The highest BCUT2D eigenvalue weighted by Crippen LogP contribution is 2.46. The third-order valence-corrected chi connectivity index (χ3v) is 12.3. The molecule has 3 heterocycles. The maximum atomic E-state index is 6.78. The van der Waals surface area contributed by atoms with E-state index in [0.29, 0.717) is 17.5 Å². The van der Waals surface area contributed by atoms with Gasteiger partial charge in [-0.1, -0.05) is 146 Å². The first-order chi connectivity index (χ1) is 27.8. The summed E-state index contributed by atoms with van der Waals surface area (Å²) in [6.45, 7) is 0. The molecule has 260 valence electrons. The number of fused-ring (bicyclic) bond motifs is 11. The van der Waals surface area contributed by atoms with Crippen molar-refractivity contribution in [1.82, 2.24) is 15.0 Å². The van der Waals surface area contributed by atoms with Crippen molar-refractivity contribution in [1.29, 1.82) is 0 Å². The Bertz CT molecular complexity index is 3550. The summed E-state index contributed by atoms with van der Waals surface area (Å²) in [5, 5.41) is 11.4.